The van der Waals surface area contributed by atoms with E-state index in [0.29, 0.717) is 30.8 Å². The average molecular weight is 227 g/mol. The van der Waals surface area contributed by atoms with Gasteiger partial charge in [0.05, 0.1) is 6.07 Å². The van der Waals surface area contributed by atoms with Crippen LogP contribution >= 0.6 is 0 Å². The number of likely N-dealkylation sites (tertiary alicyclic amines) is 1. The van der Waals surface area contributed by atoms with Crippen LogP contribution in [-0.4, -0.2) is 29.6 Å². The highest BCUT2D eigenvalue weighted by Crippen LogP contribution is 2.15. The Hall–Kier alpha value is -2.15. The molecule has 17 heavy (non-hydrogen) atoms. The number of piperidine rings is 1. The van der Waals surface area contributed by atoms with Gasteiger partial charge in [0.1, 0.15) is 5.92 Å². The van der Waals surface area contributed by atoms with Gasteiger partial charge < -0.3 is 10.3 Å². The highest BCUT2D eigenvalue weighted by Gasteiger charge is 2.27. The molecular weight excluding hydrogens is 214 g/mol. The topological polar surface area (TPSA) is 68.0 Å². The Kier molecular flexibility index (Phi) is 3.20. The lowest BCUT2D eigenvalue weighted by Crippen LogP contribution is -2.43. The van der Waals surface area contributed by atoms with Gasteiger partial charge in [-0.1, -0.05) is 18.2 Å². The van der Waals surface area contributed by atoms with Gasteiger partial charge in [-0.3, -0.25) is 4.79 Å². The summed E-state index contributed by atoms with van der Waals surface area (Å²) in [5.74, 6) is -0.505. The van der Waals surface area contributed by atoms with E-state index in [2.05, 4.69) is 6.07 Å². The van der Waals surface area contributed by atoms with Crippen LogP contribution in [0.5, 0.6) is 0 Å². The SMILES string of the molecule is N#CC1CN(C(=O)c2ccccc2)CCC1=N. The summed E-state index contributed by atoms with van der Waals surface area (Å²) in [6, 6.07) is 11.1. The van der Waals surface area contributed by atoms with Crippen molar-refractivity contribution in [2.45, 2.75) is 6.42 Å². The second kappa shape index (κ2) is 4.79. The standard InChI is InChI=1S/C13H13N3O/c14-8-11-9-16(7-6-12(11)15)13(17)10-4-2-1-3-5-10/h1-5,11,15H,6-7,9H2. The molecule has 1 aromatic rings. The Morgan fingerprint density at radius 1 is 1.41 bits per heavy atom. The van der Waals surface area contributed by atoms with Gasteiger partial charge in [0.15, 0.2) is 0 Å². The van der Waals surface area contributed by atoms with Crippen LogP contribution in [0.3, 0.4) is 0 Å². The molecule has 1 fully saturated rings. The fourth-order valence-electron chi connectivity index (χ4n) is 1.92. The van der Waals surface area contributed by atoms with Gasteiger partial charge in [0.2, 0.25) is 0 Å². The fraction of sp³-hybridized carbons (Fsp3) is 0.308. The second-order valence-electron chi connectivity index (χ2n) is 4.07. The zero-order valence-electron chi connectivity index (χ0n) is 9.39. The van der Waals surface area contributed by atoms with E-state index in [1.165, 1.54) is 0 Å². The van der Waals surface area contributed by atoms with Crippen molar-refractivity contribution in [2.24, 2.45) is 5.92 Å². The van der Waals surface area contributed by atoms with Crippen LogP contribution in [0, 0.1) is 22.7 Å². The first-order chi connectivity index (χ1) is 8.22. The molecule has 1 aromatic carbocycles. The molecular formula is C13H13N3O. The van der Waals surface area contributed by atoms with Crippen LogP contribution in [0.4, 0.5) is 0 Å². The third-order valence-electron chi connectivity index (χ3n) is 2.94. The quantitative estimate of drug-likeness (QED) is 0.793. The largest absolute Gasteiger partial charge is 0.337 e. The molecule has 2 rings (SSSR count). The van der Waals surface area contributed by atoms with E-state index in [-0.39, 0.29) is 5.91 Å². The molecule has 86 valence electrons. The van der Waals surface area contributed by atoms with Crippen molar-refractivity contribution in [2.75, 3.05) is 13.1 Å². The van der Waals surface area contributed by atoms with E-state index < -0.39 is 5.92 Å². The minimum absolute atomic E-state index is 0.0571. The number of nitrogens with zero attached hydrogens (tertiary/aromatic N) is 2. The van der Waals surface area contributed by atoms with Gasteiger partial charge in [0.25, 0.3) is 5.91 Å². The third kappa shape index (κ3) is 2.34. The minimum atomic E-state index is -0.448. The molecule has 1 aliphatic heterocycles. The van der Waals surface area contributed by atoms with Crippen molar-refractivity contribution < 1.29 is 4.79 Å². The summed E-state index contributed by atoms with van der Waals surface area (Å²) in [6.07, 6.45) is 0.497. The summed E-state index contributed by atoms with van der Waals surface area (Å²) < 4.78 is 0. The number of hydrogen-bond acceptors (Lipinski definition) is 3. The highest BCUT2D eigenvalue weighted by molar-refractivity contribution is 5.96. The molecule has 1 amide bonds. The van der Waals surface area contributed by atoms with Crippen LogP contribution in [0.15, 0.2) is 30.3 Å². The number of hydrogen-bond donors (Lipinski definition) is 1. The number of rotatable bonds is 1. The van der Waals surface area contributed by atoms with Gasteiger partial charge >= 0.3 is 0 Å². The molecule has 1 aliphatic rings. The highest BCUT2D eigenvalue weighted by atomic mass is 16.2. The first-order valence-corrected chi connectivity index (χ1v) is 5.53. The lowest BCUT2D eigenvalue weighted by Gasteiger charge is -2.30. The van der Waals surface area contributed by atoms with E-state index in [4.69, 9.17) is 10.7 Å². The lowest BCUT2D eigenvalue weighted by atomic mass is 9.96. The van der Waals surface area contributed by atoms with Crippen LogP contribution in [0.25, 0.3) is 0 Å². The van der Waals surface area contributed by atoms with Crippen molar-refractivity contribution in [3.8, 4) is 6.07 Å². The van der Waals surface area contributed by atoms with E-state index >= 15 is 0 Å². The molecule has 0 radical (unpaired) electrons. The predicted molar refractivity (Wildman–Crippen MR) is 63.8 cm³/mol. The number of carbonyl (C=O) groups excluding carboxylic acids is 1. The summed E-state index contributed by atoms with van der Waals surface area (Å²) in [4.78, 5) is 13.8. The summed E-state index contributed by atoms with van der Waals surface area (Å²) in [5, 5.41) is 16.5. The molecule has 0 saturated carbocycles. The molecule has 0 aromatic heterocycles. The molecule has 1 unspecified atom stereocenters. The van der Waals surface area contributed by atoms with Crippen LogP contribution in [0.1, 0.15) is 16.8 Å². The molecule has 0 spiro atoms. The normalized spacial score (nSPS) is 19.8. The van der Waals surface area contributed by atoms with Gasteiger partial charge in [-0.2, -0.15) is 5.26 Å². The van der Waals surface area contributed by atoms with Crippen molar-refractivity contribution in [3.05, 3.63) is 35.9 Å². The summed E-state index contributed by atoms with van der Waals surface area (Å²) in [6.45, 7) is 0.869. The summed E-state index contributed by atoms with van der Waals surface area (Å²) in [7, 11) is 0. The monoisotopic (exact) mass is 227 g/mol. The first kappa shape index (κ1) is 11.3. The zero-order valence-corrected chi connectivity index (χ0v) is 9.39. The van der Waals surface area contributed by atoms with Gasteiger partial charge in [-0.05, 0) is 12.1 Å². The van der Waals surface area contributed by atoms with E-state index in [0.717, 1.165) is 0 Å². The zero-order chi connectivity index (χ0) is 12.3. The lowest BCUT2D eigenvalue weighted by molar-refractivity contribution is 0.0743. The molecule has 1 N–H and O–H groups in total. The van der Waals surface area contributed by atoms with E-state index in [9.17, 15) is 4.79 Å². The molecule has 1 atom stereocenters. The molecule has 4 nitrogen and oxygen atoms in total. The summed E-state index contributed by atoms with van der Waals surface area (Å²) in [5.41, 5.74) is 1.07. The van der Waals surface area contributed by atoms with Crippen LogP contribution < -0.4 is 0 Å². The first-order valence-electron chi connectivity index (χ1n) is 5.53. The Bertz CT molecular complexity index is 475. The summed E-state index contributed by atoms with van der Waals surface area (Å²) >= 11 is 0. The number of nitriles is 1. The number of benzene rings is 1. The average Bonchev–Trinajstić information content (AvgIpc) is 2.39. The molecule has 0 bridgehead atoms. The minimum Gasteiger partial charge on any atom is -0.337 e. The fourth-order valence-corrected chi connectivity index (χ4v) is 1.92. The van der Waals surface area contributed by atoms with Crippen molar-refractivity contribution in [3.63, 3.8) is 0 Å². The molecule has 4 heteroatoms. The Morgan fingerprint density at radius 2 is 2.12 bits per heavy atom. The van der Waals surface area contributed by atoms with Crippen molar-refractivity contribution >= 4 is 11.6 Å². The molecule has 1 saturated heterocycles. The number of amides is 1. The third-order valence-corrected chi connectivity index (χ3v) is 2.94. The number of carbonyl (C=O) groups is 1. The van der Waals surface area contributed by atoms with E-state index in [1.54, 1.807) is 17.0 Å². The smallest absolute Gasteiger partial charge is 0.253 e. The van der Waals surface area contributed by atoms with Crippen LogP contribution in [0.2, 0.25) is 0 Å². The molecule has 0 aliphatic carbocycles. The molecule has 1 heterocycles. The Labute approximate surface area is 100.0 Å². The van der Waals surface area contributed by atoms with Crippen LogP contribution in [-0.2, 0) is 0 Å². The maximum absolute atomic E-state index is 12.1. The predicted octanol–water partition coefficient (Wildman–Crippen LogP) is 1.69. The maximum atomic E-state index is 12.1. The van der Waals surface area contributed by atoms with Gasteiger partial charge in [0, 0.05) is 30.8 Å². The van der Waals surface area contributed by atoms with Gasteiger partial charge in [-0.15, -0.1) is 0 Å². The van der Waals surface area contributed by atoms with Crippen molar-refractivity contribution in [1.82, 2.24) is 4.90 Å². The Balaban J connectivity index is 2.12. The second-order valence-corrected chi connectivity index (χ2v) is 4.07. The maximum Gasteiger partial charge on any atom is 0.253 e. The van der Waals surface area contributed by atoms with E-state index in [1.807, 2.05) is 18.2 Å². The van der Waals surface area contributed by atoms with Crippen molar-refractivity contribution in [1.29, 1.82) is 10.7 Å². The number of nitrogens with one attached hydrogen (secondary N) is 1. The van der Waals surface area contributed by atoms with Gasteiger partial charge in [-0.25, -0.2) is 0 Å². The Morgan fingerprint density at radius 3 is 2.76 bits per heavy atom.